The zero-order valence-electron chi connectivity index (χ0n) is 10.4. The van der Waals surface area contributed by atoms with E-state index in [1.807, 2.05) is 6.08 Å². The zero-order chi connectivity index (χ0) is 11.7. The molecule has 0 rings (SSSR count). The van der Waals surface area contributed by atoms with E-state index in [0.717, 1.165) is 12.3 Å². The van der Waals surface area contributed by atoms with E-state index in [1.165, 1.54) is 32.1 Å². The van der Waals surface area contributed by atoms with E-state index in [9.17, 15) is 4.79 Å². The highest BCUT2D eigenvalue weighted by Gasteiger charge is 1.96. The number of hydrogen-bond acceptors (Lipinski definition) is 1. The third-order valence-electron chi connectivity index (χ3n) is 2.57. The minimum Gasteiger partial charge on any atom is -0.366 e. The predicted octanol–water partition coefficient (Wildman–Crippen LogP) is 3.41. The summed E-state index contributed by atoms with van der Waals surface area (Å²) < 4.78 is 0. The van der Waals surface area contributed by atoms with Crippen molar-refractivity contribution in [2.75, 3.05) is 0 Å². The van der Waals surface area contributed by atoms with Crippen LogP contribution in [0.4, 0.5) is 0 Å². The van der Waals surface area contributed by atoms with Gasteiger partial charge in [0.05, 0.1) is 0 Å². The highest BCUT2D eigenvalue weighted by atomic mass is 16.1. The number of hydrogen-bond donors (Lipinski definition) is 1. The van der Waals surface area contributed by atoms with Crippen LogP contribution in [0.2, 0.25) is 0 Å². The second-order valence-electron chi connectivity index (χ2n) is 4.64. The molecule has 2 nitrogen and oxygen atoms in total. The van der Waals surface area contributed by atoms with Crippen LogP contribution in [-0.4, -0.2) is 5.91 Å². The smallest absolute Gasteiger partial charge is 0.244 e. The molecular formula is C13H25NO. The molecule has 1 amide bonds. The van der Waals surface area contributed by atoms with Crippen LogP contribution < -0.4 is 5.73 Å². The molecule has 0 saturated carbocycles. The van der Waals surface area contributed by atoms with Crippen LogP contribution in [0.15, 0.2) is 11.6 Å². The molecule has 2 N–H and O–H groups in total. The van der Waals surface area contributed by atoms with E-state index < -0.39 is 0 Å². The van der Waals surface area contributed by atoms with Gasteiger partial charge in [0.1, 0.15) is 0 Å². The van der Waals surface area contributed by atoms with Crippen molar-refractivity contribution in [3.63, 3.8) is 0 Å². The van der Waals surface area contributed by atoms with E-state index in [4.69, 9.17) is 5.73 Å². The van der Waals surface area contributed by atoms with Gasteiger partial charge in [-0.25, -0.2) is 0 Å². The third kappa shape index (κ3) is 9.51. The lowest BCUT2D eigenvalue weighted by molar-refractivity contribution is -0.114. The zero-order valence-corrected chi connectivity index (χ0v) is 10.4. The van der Waals surface area contributed by atoms with Gasteiger partial charge in [-0.1, -0.05) is 45.6 Å². The maximum Gasteiger partial charge on any atom is 0.244 e. The topological polar surface area (TPSA) is 43.1 Å². The summed E-state index contributed by atoms with van der Waals surface area (Å²) in [5.74, 6) is 0.525. The molecule has 0 aliphatic carbocycles. The molecular weight excluding hydrogens is 186 g/mol. The Balaban J connectivity index is 3.32. The van der Waals surface area contributed by atoms with E-state index in [1.54, 1.807) is 6.92 Å². The van der Waals surface area contributed by atoms with Gasteiger partial charge in [-0.15, -0.1) is 0 Å². The molecule has 0 aliphatic rings. The normalized spacial score (nSPS) is 12.1. The Labute approximate surface area is 93.9 Å². The van der Waals surface area contributed by atoms with Crippen LogP contribution in [0.25, 0.3) is 0 Å². The first kappa shape index (κ1) is 14.2. The Hall–Kier alpha value is -0.790. The van der Waals surface area contributed by atoms with Crippen LogP contribution >= 0.6 is 0 Å². The van der Waals surface area contributed by atoms with Crippen LogP contribution in [-0.2, 0) is 4.79 Å². The van der Waals surface area contributed by atoms with Crippen molar-refractivity contribution in [2.45, 2.75) is 59.3 Å². The number of amides is 1. The lowest BCUT2D eigenvalue weighted by atomic mass is 10.0. The van der Waals surface area contributed by atoms with Crippen molar-refractivity contribution in [3.05, 3.63) is 11.6 Å². The average Bonchev–Trinajstić information content (AvgIpc) is 2.15. The first-order valence-electron chi connectivity index (χ1n) is 6.00. The molecule has 0 aliphatic heterocycles. The molecule has 0 heterocycles. The molecule has 0 bridgehead atoms. The van der Waals surface area contributed by atoms with Gasteiger partial charge < -0.3 is 5.73 Å². The summed E-state index contributed by atoms with van der Waals surface area (Å²) in [6.07, 6.45) is 9.33. The van der Waals surface area contributed by atoms with Gasteiger partial charge in [-0.2, -0.15) is 0 Å². The summed E-state index contributed by atoms with van der Waals surface area (Å²) in [5, 5.41) is 0. The molecule has 2 heteroatoms. The SMILES string of the molecule is CC(=CCCCCCCC(C)C)C(N)=O. The lowest BCUT2D eigenvalue weighted by Crippen LogP contribution is -2.11. The van der Waals surface area contributed by atoms with Gasteiger partial charge >= 0.3 is 0 Å². The number of carbonyl (C=O) groups excluding carboxylic acids is 1. The monoisotopic (exact) mass is 211 g/mol. The van der Waals surface area contributed by atoms with Gasteiger partial charge in [0.2, 0.25) is 5.91 Å². The van der Waals surface area contributed by atoms with Gasteiger partial charge in [-0.05, 0) is 25.7 Å². The fraction of sp³-hybridized carbons (Fsp3) is 0.769. The Morgan fingerprint density at radius 1 is 1.20 bits per heavy atom. The second-order valence-corrected chi connectivity index (χ2v) is 4.64. The largest absolute Gasteiger partial charge is 0.366 e. The van der Waals surface area contributed by atoms with Crippen LogP contribution in [0.1, 0.15) is 59.3 Å². The molecule has 0 aromatic rings. The highest BCUT2D eigenvalue weighted by molar-refractivity contribution is 5.91. The quantitative estimate of drug-likeness (QED) is 0.485. The Kier molecular flexibility index (Phi) is 8.06. The van der Waals surface area contributed by atoms with E-state index in [2.05, 4.69) is 13.8 Å². The second kappa shape index (κ2) is 8.51. The lowest BCUT2D eigenvalue weighted by Gasteiger charge is -2.03. The van der Waals surface area contributed by atoms with Crippen molar-refractivity contribution in [3.8, 4) is 0 Å². The molecule has 15 heavy (non-hydrogen) atoms. The first-order chi connectivity index (χ1) is 7.04. The van der Waals surface area contributed by atoms with Crippen LogP contribution in [0, 0.1) is 5.92 Å². The van der Waals surface area contributed by atoms with E-state index in [-0.39, 0.29) is 5.91 Å². The van der Waals surface area contributed by atoms with Crippen molar-refractivity contribution < 1.29 is 4.79 Å². The minimum atomic E-state index is -0.296. The van der Waals surface area contributed by atoms with Crippen molar-refractivity contribution in [2.24, 2.45) is 11.7 Å². The number of nitrogens with two attached hydrogens (primary N) is 1. The molecule has 0 aromatic carbocycles. The molecule has 88 valence electrons. The maximum atomic E-state index is 10.7. The Morgan fingerprint density at radius 3 is 2.33 bits per heavy atom. The number of rotatable bonds is 8. The van der Waals surface area contributed by atoms with E-state index in [0.29, 0.717) is 5.57 Å². The number of unbranched alkanes of at least 4 members (excludes halogenated alkanes) is 4. The summed E-state index contributed by atoms with van der Waals surface area (Å²) in [6, 6.07) is 0. The molecule has 0 radical (unpaired) electrons. The summed E-state index contributed by atoms with van der Waals surface area (Å²) in [7, 11) is 0. The first-order valence-corrected chi connectivity index (χ1v) is 6.00. The van der Waals surface area contributed by atoms with E-state index >= 15 is 0 Å². The minimum absolute atomic E-state index is 0.296. The van der Waals surface area contributed by atoms with Crippen molar-refractivity contribution >= 4 is 5.91 Å². The van der Waals surface area contributed by atoms with Crippen LogP contribution in [0.5, 0.6) is 0 Å². The number of primary amides is 1. The summed E-state index contributed by atoms with van der Waals surface area (Å²) in [5.41, 5.74) is 5.82. The molecule has 0 aromatic heterocycles. The molecule has 0 spiro atoms. The summed E-state index contributed by atoms with van der Waals surface area (Å²) in [6.45, 7) is 6.30. The van der Waals surface area contributed by atoms with Gasteiger partial charge in [0, 0.05) is 5.57 Å². The standard InChI is InChI=1S/C13H25NO/c1-11(2)9-7-5-4-6-8-10-12(3)13(14)15/h10-11H,4-9H2,1-3H3,(H2,14,15). The summed E-state index contributed by atoms with van der Waals surface area (Å²) in [4.78, 5) is 10.7. The summed E-state index contributed by atoms with van der Waals surface area (Å²) >= 11 is 0. The average molecular weight is 211 g/mol. The molecule has 0 atom stereocenters. The van der Waals surface area contributed by atoms with Crippen molar-refractivity contribution in [1.29, 1.82) is 0 Å². The molecule has 0 unspecified atom stereocenters. The fourth-order valence-corrected chi connectivity index (χ4v) is 1.47. The molecule has 0 saturated heterocycles. The predicted molar refractivity (Wildman–Crippen MR) is 65.5 cm³/mol. The van der Waals surface area contributed by atoms with Crippen LogP contribution in [0.3, 0.4) is 0 Å². The highest BCUT2D eigenvalue weighted by Crippen LogP contribution is 2.11. The Morgan fingerprint density at radius 2 is 1.80 bits per heavy atom. The van der Waals surface area contributed by atoms with Gasteiger partial charge in [0.25, 0.3) is 0 Å². The fourth-order valence-electron chi connectivity index (χ4n) is 1.47. The number of allylic oxidation sites excluding steroid dienone is 1. The Bertz CT molecular complexity index is 207. The molecule has 0 fully saturated rings. The third-order valence-corrected chi connectivity index (χ3v) is 2.57. The maximum absolute atomic E-state index is 10.7. The van der Waals surface area contributed by atoms with Gasteiger partial charge in [0.15, 0.2) is 0 Å². The van der Waals surface area contributed by atoms with Crippen molar-refractivity contribution in [1.82, 2.24) is 0 Å². The van der Waals surface area contributed by atoms with Gasteiger partial charge in [-0.3, -0.25) is 4.79 Å². The number of carbonyl (C=O) groups is 1.